The number of hydrogen-bond donors (Lipinski definition) is 1. The summed E-state index contributed by atoms with van der Waals surface area (Å²) in [6.07, 6.45) is 1.13. The molecule has 6 heteroatoms. The normalized spacial score (nSPS) is 16.4. The Balaban J connectivity index is 0.00000280. The van der Waals surface area contributed by atoms with Crippen molar-refractivity contribution < 1.29 is 9.47 Å². The van der Waals surface area contributed by atoms with Crippen molar-refractivity contribution in [1.82, 2.24) is 10.2 Å². The van der Waals surface area contributed by atoms with E-state index in [9.17, 15) is 0 Å². The zero-order chi connectivity index (χ0) is 18.9. The fourth-order valence-corrected chi connectivity index (χ4v) is 3.25. The van der Waals surface area contributed by atoms with Crippen LogP contribution in [0.15, 0.2) is 59.6 Å². The van der Waals surface area contributed by atoms with E-state index < -0.39 is 0 Å². The molecule has 0 bridgehead atoms. The van der Waals surface area contributed by atoms with Crippen molar-refractivity contribution in [2.45, 2.75) is 19.6 Å². The molecule has 1 saturated heterocycles. The highest BCUT2D eigenvalue weighted by Gasteiger charge is 2.19. The summed E-state index contributed by atoms with van der Waals surface area (Å²) >= 11 is 0. The van der Waals surface area contributed by atoms with E-state index in [1.807, 2.05) is 37.4 Å². The van der Waals surface area contributed by atoms with Gasteiger partial charge in [-0.15, -0.1) is 24.0 Å². The van der Waals surface area contributed by atoms with Crippen LogP contribution in [-0.2, 0) is 17.9 Å². The van der Waals surface area contributed by atoms with Gasteiger partial charge in [-0.3, -0.25) is 4.99 Å². The number of benzene rings is 2. The van der Waals surface area contributed by atoms with E-state index in [-0.39, 0.29) is 24.0 Å². The summed E-state index contributed by atoms with van der Waals surface area (Å²) in [5.74, 6) is 2.37. The first-order valence-corrected chi connectivity index (χ1v) is 9.50. The fourth-order valence-electron chi connectivity index (χ4n) is 3.25. The summed E-state index contributed by atoms with van der Waals surface area (Å²) in [6, 6.07) is 18.4. The molecule has 2 aromatic rings. The Bertz CT molecular complexity index is 734. The lowest BCUT2D eigenvalue weighted by atomic mass is 10.1. The summed E-state index contributed by atoms with van der Waals surface area (Å²) in [7, 11) is 3.90. The summed E-state index contributed by atoms with van der Waals surface area (Å²) < 4.78 is 11.4. The maximum absolute atomic E-state index is 5.92. The second-order valence-corrected chi connectivity index (χ2v) is 6.93. The summed E-state index contributed by atoms with van der Waals surface area (Å²) in [5, 5.41) is 3.44. The molecule has 1 atom stereocenters. The molecule has 1 heterocycles. The SMILES string of the molecule is CN=C(NCc1cccc(OCc2ccccc2)c1)N(C)CC1CCOC1.I. The van der Waals surface area contributed by atoms with Crippen LogP contribution in [-0.4, -0.2) is 44.7 Å². The number of rotatable bonds is 7. The van der Waals surface area contributed by atoms with Gasteiger partial charge in [0.15, 0.2) is 5.96 Å². The van der Waals surface area contributed by atoms with Crippen molar-refractivity contribution >= 4 is 29.9 Å². The highest BCUT2D eigenvalue weighted by atomic mass is 127. The van der Waals surface area contributed by atoms with E-state index in [0.717, 1.165) is 37.9 Å². The minimum Gasteiger partial charge on any atom is -0.489 e. The molecule has 0 saturated carbocycles. The first-order valence-electron chi connectivity index (χ1n) is 9.50. The van der Waals surface area contributed by atoms with Crippen LogP contribution in [0.2, 0.25) is 0 Å². The van der Waals surface area contributed by atoms with Gasteiger partial charge in [0.25, 0.3) is 0 Å². The quantitative estimate of drug-likeness (QED) is 0.360. The van der Waals surface area contributed by atoms with Crippen molar-refractivity contribution in [2.75, 3.05) is 33.9 Å². The molecule has 0 spiro atoms. The number of nitrogens with zero attached hydrogens (tertiary/aromatic N) is 2. The second kappa shape index (κ2) is 11.9. The maximum atomic E-state index is 5.92. The minimum absolute atomic E-state index is 0. The first-order chi connectivity index (χ1) is 13.2. The van der Waals surface area contributed by atoms with Crippen LogP contribution in [0.4, 0.5) is 0 Å². The van der Waals surface area contributed by atoms with Gasteiger partial charge in [0.1, 0.15) is 12.4 Å². The van der Waals surface area contributed by atoms with Gasteiger partial charge in [-0.1, -0.05) is 42.5 Å². The Labute approximate surface area is 185 Å². The molecule has 0 aliphatic carbocycles. The van der Waals surface area contributed by atoms with Gasteiger partial charge >= 0.3 is 0 Å². The zero-order valence-electron chi connectivity index (χ0n) is 16.6. The van der Waals surface area contributed by atoms with Crippen LogP contribution in [0.1, 0.15) is 17.5 Å². The van der Waals surface area contributed by atoms with Crippen LogP contribution >= 0.6 is 24.0 Å². The highest BCUT2D eigenvalue weighted by Crippen LogP contribution is 2.16. The zero-order valence-corrected chi connectivity index (χ0v) is 19.0. The van der Waals surface area contributed by atoms with Crippen molar-refractivity contribution in [3.05, 3.63) is 65.7 Å². The van der Waals surface area contributed by atoms with E-state index in [2.05, 4.69) is 46.5 Å². The Morgan fingerprint density at radius 1 is 1.18 bits per heavy atom. The molecule has 1 unspecified atom stereocenters. The molecular weight excluding hydrogens is 465 g/mol. The van der Waals surface area contributed by atoms with Gasteiger partial charge in [-0.05, 0) is 29.7 Å². The molecule has 1 N–H and O–H groups in total. The molecule has 1 aliphatic heterocycles. The number of nitrogens with one attached hydrogen (secondary N) is 1. The third-order valence-electron chi connectivity index (χ3n) is 4.73. The predicted octanol–water partition coefficient (Wildman–Crippen LogP) is 3.93. The molecule has 1 fully saturated rings. The monoisotopic (exact) mass is 495 g/mol. The average molecular weight is 495 g/mol. The van der Waals surface area contributed by atoms with Crippen molar-refractivity contribution in [3.8, 4) is 5.75 Å². The lowest BCUT2D eigenvalue weighted by Crippen LogP contribution is -2.41. The smallest absolute Gasteiger partial charge is 0.193 e. The van der Waals surface area contributed by atoms with Gasteiger partial charge in [-0.25, -0.2) is 0 Å². The number of ether oxygens (including phenoxy) is 2. The molecule has 0 aromatic heterocycles. The number of aliphatic imine (C=N–C) groups is 1. The molecule has 3 rings (SSSR count). The Morgan fingerprint density at radius 3 is 2.68 bits per heavy atom. The minimum atomic E-state index is 0. The van der Waals surface area contributed by atoms with E-state index in [0.29, 0.717) is 19.1 Å². The summed E-state index contributed by atoms with van der Waals surface area (Å²) in [4.78, 5) is 6.58. The molecular formula is C22H30IN3O2. The first kappa shape index (κ1) is 22.5. The molecule has 5 nitrogen and oxygen atoms in total. The predicted molar refractivity (Wildman–Crippen MR) is 124 cm³/mol. The largest absolute Gasteiger partial charge is 0.489 e. The molecule has 0 amide bonds. The molecule has 28 heavy (non-hydrogen) atoms. The fraction of sp³-hybridized carbons (Fsp3) is 0.409. The third kappa shape index (κ3) is 6.98. The molecule has 1 aliphatic rings. The van der Waals surface area contributed by atoms with Crippen molar-refractivity contribution in [1.29, 1.82) is 0 Å². The van der Waals surface area contributed by atoms with Crippen LogP contribution in [0.25, 0.3) is 0 Å². The van der Waals surface area contributed by atoms with E-state index in [4.69, 9.17) is 9.47 Å². The van der Waals surface area contributed by atoms with Crippen LogP contribution in [0, 0.1) is 5.92 Å². The van der Waals surface area contributed by atoms with E-state index in [1.54, 1.807) is 0 Å². The van der Waals surface area contributed by atoms with Crippen molar-refractivity contribution in [3.63, 3.8) is 0 Å². The summed E-state index contributed by atoms with van der Waals surface area (Å²) in [6.45, 7) is 3.97. The van der Waals surface area contributed by atoms with E-state index in [1.165, 1.54) is 11.1 Å². The molecule has 152 valence electrons. The second-order valence-electron chi connectivity index (χ2n) is 6.93. The summed E-state index contributed by atoms with van der Waals surface area (Å²) in [5.41, 5.74) is 2.33. The van der Waals surface area contributed by atoms with Gasteiger partial charge < -0.3 is 19.7 Å². The van der Waals surface area contributed by atoms with Gasteiger partial charge in [0, 0.05) is 39.7 Å². The Morgan fingerprint density at radius 2 is 1.96 bits per heavy atom. The maximum Gasteiger partial charge on any atom is 0.193 e. The molecule has 2 aromatic carbocycles. The standard InChI is InChI=1S/C22H29N3O2.HI/c1-23-22(25(2)15-20-11-12-26-16-20)24-14-19-9-6-10-21(13-19)27-17-18-7-4-3-5-8-18;/h3-10,13,20H,11-12,14-17H2,1-2H3,(H,23,24);1H. The lowest BCUT2D eigenvalue weighted by Gasteiger charge is -2.24. The van der Waals surface area contributed by atoms with Gasteiger partial charge in [-0.2, -0.15) is 0 Å². The molecule has 0 radical (unpaired) electrons. The van der Waals surface area contributed by atoms with Gasteiger partial charge in [0.05, 0.1) is 6.61 Å². The van der Waals surface area contributed by atoms with Crippen LogP contribution < -0.4 is 10.1 Å². The van der Waals surface area contributed by atoms with Crippen molar-refractivity contribution in [2.24, 2.45) is 10.9 Å². The number of halogens is 1. The topological polar surface area (TPSA) is 46.1 Å². The Hall–Kier alpha value is -1.80. The number of guanidine groups is 1. The third-order valence-corrected chi connectivity index (χ3v) is 4.73. The number of hydrogen-bond acceptors (Lipinski definition) is 3. The van der Waals surface area contributed by atoms with Gasteiger partial charge in [0.2, 0.25) is 0 Å². The highest BCUT2D eigenvalue weighted by molar-refractivity contribution is 14.0. The Kier molecular flexibility index (Phi) is 9.57. The van der Waals surface area contributed by atoms with Crippen LogP contribution in [0.5, 0.6) is 5.75 Å². The lowest BCUT2D eigenvalue weighted by molar-refractivity contribution is 0.181. The average Bonchev–Trinajstić information content (AvgIpc) is 3.21. The van der Waals surface area contributed by atoms with Crippen LogP contribution in [0.3, 0.4) is 0 Å². The van der Waals surface area contributed by atoms with E-state index >= 15 is 0 Å².